The predicted octanol–water partition coefficient (Wildman–Crippen LogP) is 2.49. The van der Waals surface area contributed by atoms with E-state index >= 15 is 0 Å². The average molecular weight is 276 g/mol. The number of amides is 2. The maximum atomic E-state index is 12.2. The van der Waals surface area contributed by atoms with Crippen LogP contribution in [-0.2, 0) is 9.53 Å². The second-order valence-corrected chi connectivity index (χ2v) is 4.84. The van der Waals surface area contributed by atoms with Crippen molar-refractivity contribution in [3.8, 4) is 0 Å². The van der Waals surface area contributed by atoms with Crippen LogP contribution in [0.4, 0.5) is 10.5 Å². The first kappa shape index (κ1) is 14.4. The lowest BCUT2D eigenvalue weighted by molar-refractivity contribution is -0.121. The van der Waals surface area contributed by atoms with E-state index in [0.29, 0.717) is 19.7 Å². The molecular weight excluding hydrogens is 256 g/mol. The van der Waals surface area contributed by atoms with Gasteiger partial charge in [-0.2, -0.15) is 0 Å². The molecule has 5 nitrogen and oxygen atoms in total. The molecule has 2 rings (SSSR count). The molecule has 5 heteroatoms. The van der Waals surface area contributed by atoms with E-state index < -0.39 is 0 Å². The number of ether oxygens (including phenoxy) is 1. The standard InChI is InChI=1S/C15H20N2O3/c1-2-20-15(19)17-10-6-7-12(11-17)14(18)16-13-8-4-3-5-9-13/h3-5,8-9,12H,2,6-7,10-11H2,1H3,(H,16,18). The van der Waals surface area contributed by atoms with Gasteiger partial charge in [0.2, 0.25) is 5.91 Å². The molecule has 0 saturated carbocycles. The van der Waals surface area contributed by atoms with Crippen molar-refractivity contribution in [1.29, 1.82) is 0 Å². The first-order valence-corrected chi connectivity index (χ1v) is 6.98. The molecule has 0 bridgehead atoms. The van der Waals surface area contributed by atoms with Gasteiger partial charge in [-0.05, 0) is 31.9 Å². The monoisotopic (exact) mass is 276 g/mol. The first-order valence-electron chi connectivity index (χ1n) is 6.98. The Bertz CT molecular complexity index is 461. The fourth-order valence-corrected chi connectivity index (χ4v) is 2.34. The van der Waals surface area contributed by atoms with E-state index in [1.165, 1.54) is 0 Å². The van der Waals surface area contributed by atoms with E-state index in [0.717, 1.165) is 18.5 Å². The maximum absolute atomic E-state index is 12.2. The largest absolute Gasteiger partial charge is 0.450 e. The van der Waals surface area contributed by atoms with Gasteiger partial charge in [-0.25, -0.2) is 4.79 Å². The molecule has 1 aromatic carbocycles. The van der Waals surface area contributed by atoms with Gasteiger partial charge in [-0.1, -0.05) is 18.2 Å². The molecule has 1 heterocycles. The van der Waals surface area contributed by atoms with Crippen LogP contribution in [0.15, 0.2) is 30.3 Å². The summed E-state index contributed by atoms with van der Waals surface area (Å²) in [4.78, 5) is 25.5. The third kappa shape index (κ3) is 3.73. The Kier molecular flexibility index (Phi) is 4.98. The highest BCUT2D eigenvalue weighted by atomic mass is 16.6. The Morgan fingerprint density at radius 2 is 2.10 bits per heavy atom. The van der Waals surface area contributed by atoms with Gasteiger partial charge >= 0.3 is 6.09 Å². The normalized spacial score (nSPS) is 18.4. The van der Waals surface area contributed by atoms with Crippen LogP contribution in [-0.4, -0.2) is 36.6 Å². The number of rotatable bonds is 3. The summed E-state index contributed by atoms with van der Waals surface area (Å²) in [7, 11) is 0. The zero-order chi connectivity index (χ0) is 14.4. The number of piperidine rings is 1. The number of carbonyl (C=O) groups excluding carboxylic acids is 2. The molecule has 1 fully saturated rings. The van der Waals surface area contributed by atoms with E-state index in [1.54, 1.807) is 11.8 Å². The summed E-state index contributed by atoms with van der Waals surface area (Å²) in [6, 6.07) is 9.36. The highest BCUT2D eigenvalue weighted by Crippen LogP contribution is 2.19. The molecule has 0 spiro atoms. The third-order valence-corrected chi connectivity index (χ3v) is 3.36. The minimum Gasteiger partial charge on any atom is -0.450 e. The summed E-state index contributed by atoms with van der Waals surface area (Å²) in [5, 5.41) is 2.89. The highest BCUT2D eigenvalue weighted by Gasteiger charge is 2.29. The molecule has 1 saturated heterocycles. The molecule has 0 aromatic heterocycles. The smallest absolute Gasteiger partial charge is 0.409 e. The molecule has 108 valence electrons. The van der Waals surface area contributed by atoms with Crippen molar-refractivity contribution in [1.82, 2.24) is 4.90 Å². The van der Waals surface area contributed by atoms with Gasteiger partial charge in [-0.15, -0.1) is 0 Å². The fourth-order valence-electron chi connectivity index (χ4n) is 2.34. The minimum absolute atomic E-state index is 0.0369. The molecule has 20 heavy (non-hydrogen) atoms. The van der Waals surface area contributed by atoms with E-state index in [1.807, 2.05) is 30.3 Å². The van der Waals surface area contributed by atoms with Gasteiger partial charge in [-0.3, -0.25) is 4.79 Å². The Balaban J connectivity index is 1.91. The molecule has 0 radical (unpaired) electrons. The lowest BCUT2D eigenvalue weighted by Gasteiger charge is -2.31. The molecule has 1 unspecified atom stereocenters. The van der Waals surface area contributed by atoms with E-state index in [4.69, 9.17) is 4.74 Å². The van der Waals surface area contributed by atoms with Gasteiger partial charge in [0.05, 0.1) is 12.5 Å². The van der Waals surface area contributed by atoms with E-state index in [2.05, 4.69) is 5.32 Å². The van der Waals surface area contributed by atoms with Crippen LogP contribution >= 0.6 is 0 Å². The Morgan fingerprint density at radius 3 is 2.80 bits per heavy atom. The molecule has 2 amide bonds. The SMILES string of the molecule is CCOC(=O)N1CCCC(C(=O)Nc2ccccc2)C1. The number of para-hydroxylation sites is 1. The fraction of sp³-hybridized carbons (Fsp3) is 0.467. The van der Waals surface area contributed by atoms with Crippen LogP contribution < -0.4 is 5.32 Å². The van der Waals surface area contributed by atoms with Crippen LogP contribution in [0, 0.1) is 5.92 Å². The molecular formula is C15H20N2O3. The Morgan fingerprint density at radius 1 is 1.35 bits per heavy atom. The summed E-state index contributed by atoms with van der Waals surface area (Å²) in [5.41, 5.74) is 0.783. The maximum Gasteiger partial charge on any atom is 0.409 e. The van der Waals surface area contributed by atoms with Gasteiger partial charge in [0.15, 0.2) is 0 Å². The average Bonchev–Trinajstić information content (AvgIpc) is 2.48. The number of nitrogens with zero attached hydrogens (tertiary/aromatic N) is 1. The molecule has 0 aliphatic carbocycles. The first-order chi connectivity index (χ1) is 9.70. The van der Waals surface area contributed by atoms with Crippen molar-refractivity contribution in [2.75, 3.05) is 25.0 Å². The highest BCUT2D eigenvalue weighted by molar-refractivity contribution is 5.93. The summed E-state index contributed by atoms with van der Waals surface area (Å²) in [6.07, 6.45) is 1.30. The van der Waals surface area contributed by atoms with Crippen LogP contribution in [0.1, 0.15) is 19.8 Å². The van der Waals surface area contributed by atoms with Crippen LogP contribution in [0.2, 0.25) is 0 Å². The van der Waals surface area contributed by atoms with Crippen LogP contribution in [0.3, 0.4) is 0 Å². The van der Waals surface area contributed by atoms with Gasteiger partial charge in [0.25, 0.3) is 0 Å². The summed E-state index contributed by atoms with van der Waals surface area (Å²) >= 11 is 0. The molecule has 1 aromatic rings. The van der Waals surface area contributed by atoms with Crippen LogP contribution in [0.5, 0.6) is 0 Å². The van der Waals surface area contributed by atoms with Crippen molar-refractivity contribution in [3.05, 3.63) is 30.3 Å². The number of hydrogen-bond donors (Lipinski definition) is 1. The number of hydrogen-bond acceptors (Lipinski definition) is 3. The quantitative estimate of drug-likeness (QED) is 0.922. The van der Waals surface area contributed by atoms with Crippen molar-refractivity contribution in [3.63, 3.8) is 0 Å². The second-order valence-electron chi connectivity index (χ2n) is 4.84. The van der Waals surface area contributed by atoms with Crippen molar-refractivity contribution in [2.45, 2.75) is 19.8 Å². The molecule has 1 atom stereocenters. The zero-order valence-corrected chi connectivity index (χ0v) is 11.7. The number of anilines is 1. The zero-order valence-electron chi connectivity index (χ0n) is 11.7. The van der Waals surface area contributed by atoms with Gasteiger partial charge in [0, 0.05) is 18.8 Å². The molecule has 1 N–H and O–H groups in total. The number of carbonyl (C=O) groups is 2. The topological polar surface area (TPSA) is 58.6 Å². The second kappa shape index (κ2) is 6.93. The van der Waals surface area contributed by atoms with Crippen molar-refractivity contribution >= 4 is 17.7 Å². The van der Waals surface area contributed by atoms with Crippen molar-refractivity contribution in [2.24, 2.45) is 5.92 Å². The number of nitrogens with one attached hydrogen (secondary N) is 1. The minimum atomic E-state index is -0.329. The Hall–Kier alpha value is -2.04. The number of benzene rings is 1. The third-order valence-electron chi connectivity index (χ3n) is 3.36. The van der Waals surface area contributed by atoms with E-state index in [9.17, 15) is 9.59 Å². The number of likely N-dealkylation sites (tertiary alicyclic amines) is 1. The predicted molar refractivity (Wildman–Crippen MR) is 76.4 cm³/mol. The van der Waals surface area contributed by atoms with Gasteiger partial charge in [0.1, 0.15) is 0 Å². The van der Waals surface area contributed by atoms with Gasteiger partial charge < -0.3 is 15.0 Å². The lowest BCUT2D eigenvalue weighted by Crippen LogP contribution is -2.44. The molecule has 1 aliphatic rings. The van der Waals surface area contributed by atoms with E-state index in [-0.39, 0.29) is 17.9 Å². The van der Waals surface area contributed by atoms with Crippen molar-refractivity contribution < 1.29 is 14.3 Å². The summed E-state index contributed by atoms with van der Waals surface area (Å²) in [6.45, 7) is 3.23. The molecule has 1 aliphatic heterocycles. The Labute approximate surface area is 118 Å². The van der Waals surface area contributed by atoms with Crippen LogP contribution in [0.25, 0.3) is 0 Å². The lowest BCUT2D eigenvalue weighted by atomic mass is 9.97. The summed E-state index contributed by atoms with van der Waals surface area (Å²) in [5.74, 6) is -0.210. The summed E-state index contributed by atoms with van der Waals surface area (Å²) < 4.78 is 4.98.